The lowest BCUT2D eigenvalue weighted by molar-refractivity contribution is 0.590. The molecule has 0 spiro atoms. The molecule has 27 heavy (non-hydrogen) atoms. The van der Waals surface area contributed by atoms with Gasteiger partial charge in [0.05, 0.1) is 12.2 Å². The maximum Gasteiger partial charge on any atom is 0.252 e. The Morgan fingerprint density at radius 1 is 1.15 bits per heavy atom. The van der Waals surface area contributed by atoms with Crippen LogP contribution in [0, 0.1) is 5.92 Å². The lowest BCUT2D eigenvalue weighted by Gasteiger charge is -2.20. The minimum Gasteiger partial charge on any atom is -0.347 e. The van der Waals surface area contributed by atoms with Gasteiger partial charge in [0.1, 0.15) is 0 Å². The summed E-state index contributed by atoms with van der Waals surface area (Å²) in [6.07, 6.45) is 5.14. The van der Waals surface area contributed by atoms with E-state index in [1.54, 1.807) is 10.7 Å². The standard InChI is InChI=1S/C19H23N5O2S/c1-12(2)15-11-20-24-17(15)22-19(27(3,25)26)23-18(24)21-16(14-9-10-14)13-7-5-4-6-8-13/h4-8,11-12,14,16H,9-10H2,1-3H3,(H,21,22,23)/t16-/m1/s1. The fraction of sp³-hybridized carbons (Fsp3) is 0.421. The maximum atomic E-state index is 12.2. The van der Waals surface area contributed by atoms with Crippen molar-refractivity contribution in [3.05, 3.63) is 47.7 Å². The zero-order valence-corrected chi connectivity index (χ0v) is 16.4. The van der Waals surface area contributed by atoms with E-state index in [4.69, 9.17) is 0 Å². The van der Waals surface area contributed by atoms with Crippen LogP contribution < -0.4 is 5.32 Å². The largest absolute Gasteiger partial charge is 0.347 e. The first-order valence-corrected chi connectivity index (χ1v) is 11.0. The number of hydrogen-bond donors (Lipinski definition) is 1. The summed E-state index contributed by atoms with van der Waals surface area (Å²) in [6.45, 7) is 4.06. The molecule has 2 aromatic heterocycles. The molecular weight excluding hydrogens is 362 g/mol. The van der Waals surface area contributed by atoms with Crippen LogP contribution >= 0.6 is 0 Å². The number of sulfone groups is 1. The molecule has 0 aliphatic heterocycles. The predicted octanol–water partition coefficient (Wildman–Crippen LogP) is 3.21. The summed E-state index contributed by atoms with van der Waals surface area (Å²) in [7, 11) is -3.55. The van der Waals surface area contributed by atoms with Crippen molar-refractivity contribution in [1.82, 2.24) is 19.6 Å². The number of nitrogens with one attached hydrogen (secondary N) is 1. The molecule has 142 valence electrons. The van der Waals surface area contributed by atoms with Gasteiger partial charge in [0.25, 0.3) is 5.16 Å². The van der Waals surface area contributed by atoms with Gasteiger partial charge >= 0.3 is 0 Å². The third kappa shape index (κ3) is 3.53. The second-order valence-corrected chi connectivity index (χ2v) is 9.37. The summed E-state index contributed by atoms with van der Waals surface area (Å²) >= 11 is 0. The second kappa shape index (κ2) is 6.60. The van der Waals surface area contributed by atoms with Crippen molar-refractivity contribution >= 4 is 21.4 Å². The van der Waals surface area contributed by atoms with Crippen molar-refractivity contribution in [1.29, 1.82) is 0 Å². The van der Waals surface area contributed by atoms with Gasteiger partial charge in [-0.1, -0.05) is 44.2 Å². The third-order valence-electron chi connectivity index (χ3n) is 4.87. The highest BCUT2D eigenvalue weighted by Crippen LogP contribution is 2.42. The SMILES string of the molecule is CC(C)c1cnn2c(N[C@H](c3ccccc3)C3CC3)nc(S(C)(=O)=O)nc12. The van der Waals surface area contributed by atoms with Crippen LogP contribution in [0.5, 0.6) is 0 Å². The molecule has 1 N–H and O–H groups in total. The Labute approximate surface area is 158 Å². The molecule has 0 unspecified atom stereocenters. The Balaban J connectivity index is 1.84. The lowest BCUT2D eigenvalue weighted by Crippen LogP contribution is -2.19. The zero-order valence-electron chi connectivity index (χ0n) is 15.6. The van der Waals surface area contributed by atoms with E-state index >= 15 is 0 Å². The maximum absolute atomic E-state index is 12.2. The summed E-state index contributed by atoms with van der Waals surface area (Å²) in [5, 5.41) is 7.70. The Morgan fingerprint density at radius 3 is 2.44 bits per heavy atom. The minimum absolute atomic E-state index is 0.0587. The van der Waals surface area contributed by atoms with Gasteiger partial charge in [0.15, 0.2) is 5.65 Å². The van der Waals surface area contributed by atoms with Crippen LogP contribution in [0.1, 0.15) is 49.8 Å². The molecule has 8 heteroatoms. The number of fused-ring (bicyclic) bond motifs is 1. The van der Waals surface area contributed by atoms with Gasteiger partial charge in [-0.3, -0.25) is 0 Å². The van der Waals surface area contributed by atoms with Crippen molar-refractivity contribution in [2.24, 2.45) is 5.92 Å². The first-order chi connectivity index (χ1) is 12.8. The van der Waals surface area contributed by atoms with E-state index in [0.29, 0.717) is 17.5 Å². The second-order valence-electron chi connectivity index (χ2n) is 7.46. The highest BCUT2D eigenvalue weighted by molar-refractivity contribution is 7.90. The van der Waals surface area contributed by atoms with E-state index in [1.807, 2.05) is 32.0 Å². The van der Waals surface area contributed by atoms with Crippen LogP contribution in [0.25, 0.3) is 5.65 Å². The normalized spacial score (nSPS) is 16.0. The molecule has 1 saturated carbocycles. The fourth-order valence-electron chi connectivity index (χ4n) is 3.24. The highest BCUT2D eigenvalue weighted by Gasteiger charge is 2.33. The molecule has 0 amide bonds. The average Bonchev–Trinajstić information content (AvgIpc) is 3.36. The first kappa shape index (κ1) is 17.9. The number of aromatic nitrogens is 4. The summed E-state index contributed by atoms with van der Waals surface area (Å²) in [6, 6.07) is 10.2. The number of rotatable bonds is 6. The molecule has 0 radical (unpaired) electrons. The van der Waals surface area contributed by atoms with Gasteiger partial charge in [-0.15, -0.1) is 0 Å². The topological polar surface area (TPSA) is 89.2 Å². The molecule has 4 rings (SSSR count). The van der Waals surface area contributed by atoms with Crippen LogP contribution in [0.3, 0.4) is 0 Å². The molecule has 1 aliphatic carbocycles. The van der Waals surface area contributed by atoms with Gasteiger partial charge in [-0.25, -0.2) is 8.42 Å². The average molecular weight is 385 g/mol. The summed E-state index contributed by atoms with van der Waals surface area (Å²) in [5.41, 5.74) is 2.59. The van der Waals surface area contributed by atoms with E-state index in [-0.39, 0.29) is 17.1 Å². The number of benzene rings is 1. The molecule has 1 aliphatic rings. The molecule has 0 saturated heterocycles. The Hall–Kier alpha value is -2.48. The van der Waals surface area contributed by atoms with Crippen molar-refractivity contribution in [3.8, 4) is 0 Å². The molecule has 7 nitrogen and oxygen atoms in total. The quantitative estimate of drug-likeness (QED) is 0.701. The Bertz CT molecular complexity index is 1070. The van der Waals surface area contributed by atoms with Gasteiger partial charge in [-0.2, -0.15) is 19.6 Å². The Kier molecular flexibility index (Phi) is 4.38. The lowest BCUT2D eigenvalue weighted by atomic mass is 10.0. The first-order valence-electron chi connectivity index (χ1n) is 9.12. The van der Waals surface area contributed by atoms with Gasteiger partial charge in [0.2, 0.25) is 15.8 Å². The molecular formula is C19H23N5O2S. The molecule has 3 aromatic rings. The van der Waals surface area contributed by atoms with Crippen LogP contribution in [0.15, 0.2) is 41.7 Å². The van der Waals surface area contributed by atoms with Crippen LogP contribution in [0.4, 0.5) is 5.95 Å². The molecule has 1 atom stereocenters. The van der Waals surface area contributed by atoms with Gasteiger partial charge < -0.3 is 5.32 Å². The van der Waals surface area contributed by atoms with E-state index in [0.717, 1.165) is 30.2 Å². The van der Waals surface area contributed by atoms with Crippen molar-refractivity contribution in [3.63, 3.8) is 0 Å². The van der Waals surface area contributed by atoms with E-state index in [2.05, 4.69) is 32.5 Å². The summed E-state index contributed by atoms with van der Waals surface area (Å²) in [4.78, 5) is 8.60. The highest BCUT2D eigenvalue weighted by atomic mass is 32.2. The van der Waals surface area contributed by atoms with Crippen molar-refractivity contribution < 1.29 is 8.42 Å². The van der Waals surface area contributed by atoms with Crippen LogP contribution in [-0.4, -0.2) is 34.3 Å². The monoisotopic (exact) mass is 385 g/mol. The molecule has 0 bridgehead atoms. The number of hydrogen-bond acceptors (Lipinski definition) is 6. The smallest absolute Gasteiger partial charge is 0.252 e. The zero-order chi connectivity index (χ0) is 19.2. The third-order valence-corrected chi connectivity index (χ3v) is 5.71. The van der Waals surface area contributed by atoms with Crippen LogP contribution in [-0.2, 0) is 9.84 Å². The van der Waals surface area contributed by atoms with Crippen molar-refractivity contribution in [2.45, 2.75) is 43.8 Å². The predicted molar refractivity (Wildman–Crippen MR) is 104 cm³/mol. The summed E-state index contributed by atoms with van der Waals surface area (Å²) < 4.78 is 25.9. The van der Waals surface area contributed by atoms with Crippen LogP contribution in [0.2, 0.25) is 0 Å². The number of nitrogens with zero attached hydrogens (tertiary/aromatic N) is 4. The van der Waals surface area contributed by atoms with E-state index < -0.39 is 9.84 Å². The minimum atomic E-state index is -3.55. The number of anilines is 1. The van der Waals surface area contributed by atoms with E-state index in [1.165, 1.54) is 0 Å². The van der Waals surface area contributed by atoms with Gasteiger partial charge in [-0.05, 0) is 30.2 Å². The van der Waals surface area contributed by atoms with Crippen molar-refractivity contribution in [2.75, 3.05) is 11.6 Å². The fourth-order valence-corrected chi connectivity index (χ4v) is 3.75. The Morgan fingerprint density at radius 2 is 1.85 bits per heavy atom. The van der Waals surface area contributed by atoms with E-state index in [9.17, 15) is 8.42 Å². The molecule has 1 aromatic carbocycles. The summed E-state index contributed by atoms with van der Waals surface area (Å²) in [5.74, 6) is 1.08. The molecule has 2 heterocycles. The van der Waals surface area contributed by atoms with Gasteiger partial charge in [0, 0.05) is 11.8 Å². The molecule has 1 fully saturated rings.